The van der Waals surface area contributed by atoms with E-state index in [1.165, 1.54) is 0 Å². The van der Waals surface area contributed by atoms with Crippen LogP contribution in [0.2, 0.25) is 0 Å². The highest BCUT2D eigenvalue weighted by atomic mass is 32.1. The number of aromatic nitrogens is 1. The summed E-state index contributed by atoms with van der Waals surface area (Å²) in [6.07, 6.45) is 1.01. The van der Waals surface area contributed by atoms with E-state index in [0.29, 0.717) is 0 Å². The van der Waals surface area contributed by atoms with Crippen molar-refractivity contribution in [2.45, 2.75) is 20.3 Å². The minimum atomic E-state index is 0.742. The summed E-state index contributed by atoms with van der Waals surface area (Å²) in [6, 6.07) is 16.0. The lowest BCUT2D eigenvalue weighted by Crippen LogP contribution is -2.00. The lowest BCUT2D eigenvalue weighted by Gasteiger charge is -2.06. The number of nitrogens with one attached hydrogen (secondary N) is 1. The normalized spacial score (nSPS) is 11.7. The first kappa shape index (κ1) is 15.5. The van der Waals surface area contributed by atoms with Gasteiger partial charge in [0.1, 0.15) is 5.75 Å². The lowest BCUT2D eigenvalue weighted by molar-refractivity contribution is 0.317. The van der Waals surface area contributed by atoms with E-state index in [9.17, 15) is 0 Å². The third-order valence-corrected chi connectivity index (χ3v) is 4.30. The first-order valence-corrected chi connectivity index (χ1v) is 8.47. The molecule has 3 aromatic rings. The molecule has 0 saturated heterocycles. The van der Waals surface area contributed by atoms with Gasteiger partial charge in [0.15, 0.2) is 0 Å². The Labute approximate surface area is 139 Å². The summed E-state index contributed by atoms with van der Waals surface area (Å²) in [7, 11) is 0. The summed E-state index contributed by atoms with van der Waals surface area (Å²) in [5, 5.41) is 5.22. The summed E-state index contributed by atoms with van der Waals surface area (Å²) in [6.45, 7) is 4.81. The number of fused-ring (bicyclic) bond motifs is 1. The maximum absolute atomic E-state index is 5.59. The Morgan fingerprint density at radius 1 is 1.17 bits per heavy atom. The van der Waals surface area contributed by atoms with Crippen molar-refractivity contribution in [2.75, 3.05) is 12.0 Å². The number of rotatable bonds is 6. The summed E-state index contributed by atoms with van der Waals surface area (Å²) in [5.74, 6) is 0.891. The Bertz CT molecular complexity index is 776. The molecule has 118 valence electrons. The zero-order chi connectivity index (χ0) is 16.1. The Morgan fingerprint density at radius 3 is 2.70 bits per heavy atom. The van der Waals surface area contributed by atoms with Gasteiger partial charge in [0.05, 0.1) is 22.5 Å². The van der Waals surface area contributed by atoms with Crippen molar-refractivity contribution in [1.29, 1.82) is 0 Å². The van der Waals surface area contributed by atoms with Crippen LogP contribution in [-0.2, 0) is 0 Å². The van der Waals surface area contributed by atoms with Crippen molar-refractivity contribution >= 4 is 32.4 Å². The standard InChI is InChI=1S/C18H19N3OS/c1-3-12-22-15-10-8-14(9-11-15)13(2)20-21-18-19-16-6-4-5-7-17(16)23-18/h4-11H,3,12H2,1-2H3,(H,19,21)/b20-13-. The molecule has 1 heterocycles. The second-order valence-electron chi connectivity index (χ2n) is 5.17. The van der Waals surface area contributed by atoms with Crippen LogP contribution in [0.1, 0.15) is 25.8 Å². The molecule has 0 aliphatic rings. The van der Waals surface area contributed by atoms with Crippen molar-refractivity contribution in [2.24, 2.45) is 5.10 Å². The molecule has 23 heavy (non-hydrogen) atoms. The quantitative estimate of drug-likeness (QED) is 0.517. The Balaban J connectivity index is 1.69. The number of thiazole rings is 1. The van der Waals surface area contributed by atoms with Crippen molar-refractivity contribution in [3.8, 4) is 5.75 Å². The molecule has 0 spiro atoms. The fraction of sp³-hybridized carbons (Fsp3) is 0.222. The van der Waals surface area contributed by atoms with Crippen LogP contribution in [0.15, 0.2) is 53.6 Å². The maximum Gasteiger partial charge on any atom is 0.204 e. The first-order valence-electron chi connectivity index (χ1n) is 7.65. The minimum absolute atomic E-state index is 0.742. The van der Waals surface area contributed by atoms with E-state index < -0.39 is 0 Å². The number of para-hydroxylation sites is 1. The Kier molecular flexibility index (Phi) is 4.88. The molecule has 5 heteroatoms. The number of anilines is 1. The van der Waals surface area contributed by atoms with E-state index in [4.69, 9.17) is 4.74 Å². The van der Waals surface area contributed by atoms with E-state index in [1.807, 2.05) is 49.4 Å². The van der Waals surface area contributed by atoms with Gasteiger partial charge in [-0.1, -0.05) is 30.4 Å². The van der Waals surface area contributed by atoms with Gasteiger partial charge >= 0.3 is 0 Å². The molecule has 0 aliphatic heterocycles. The van der Waals surface area contributed by atoms with Gasteiger partial charge in [-0.2, -0.15) is 5.10 Å². The second kappa shape index (κ2) is 7.24. The smallest absolute Gasteiger partial charge is 0.204 e. The van der Waals surface area contributed by atoms with Gasteiger partial charge in [0.25, 0.3) is 0 Å². The average Bonchev–Trinajstić information content (AvgIpc) is 3.01. The monoisotopic (exact) mass is 325 g/mol. The number of ether oxygens (including phenoxy) is 1. The molecule has 3 rings (SSSR count). The van der Waals surface area contributed by atoms with Crippen molar-refractivity contribution in [3.63, 3.8) is 0 Å². The second-order valence-corrected chi connectivity index (χ2v) is 6.20. The topological polar surface area (TPSA) is 46.5 Å². The molecule has 0 fully saturated rings. The number of hydrogen-bond acceptors (Lipinski definition) is 5. The number of nitrogens with zero attached hydrogens (tertiary/aromatic N) is 2. The van der Waals surface area contributed by atoms with Crippen LogP contribution in [0.3, 0.4) is 0 Å². The molecule has 0 radical (unpaired) electrons. The first-order chi connectivity index (χ1) is 11.3. The average molecular weight is 325 g/mol. The van der Waals surface area contributed by atoms with Crippen LogP contribution in [0.5, 0.6) is 5.75 Å². The van der Waals surface area contributed by atoms with E-state index in [0.717, 1.165) is 45.4 Å². The maximum atomic E-state index is 5.59. The van der Waals surface area contributed by atoms with Gasteiger partial charge in [0, 0.05) is 0 Å². The van der Waals surface area contributed by atoms with Crippen molar-refractivity contribution in [1.82, 2.24) is 4.98 Å². The van der Waals surface area contributed by atoms with Gasteiger partial charge in [-0.05, 0) is 55.3 Å². The molecule has 4 nitrogen and oxygen atoms in total. The predicted octanol–water partition coefficient (Wildman–Crippen LogP) is 4.92. The molecule has 1 N–H and O–H groups in total. The molecule has 0 atom stereocenters. The lowest BCUT2D eigenvalue weighted by atomic mass is 10.1. The molecular weight excluding hydrogens is 306 g/mol. The zero-order valence-corrected chi connectivity index (χ0v) is 14.1. The Hall–Kier alpha value is -2.40. The summed E-state index contributed by atoms with van der Waals surface area (Å²) in [4.78, 5) is 4.51. The van der Waals surface area contributed by atoms with Crippen LogP contribution in [0.25, 0.3) is 10.2 Å². The van der Waals surface area contributed by atoms with Crippen LogP contribution in [0, 0.1) is 0 Å². The van der Waals surface area contributed by atoms with Crippen LogP contribution in [-0.4, -0.2) is 17.3 Å². The molecule has 0 bridgehead atoms. The highest BCUT2D eigenvalue weighted by molar-refractivity contribution is 7.22. The summed E-state index contributed by atoms with van der Waals surface area (Å²) >= 11 is 1.60. The van der Waals surface area contributed by atoms with E-state index in [-0.39, 0.29) is 0 Å². The summed E-state index contributed by atoms with van der Waals surface area (Å²) in [5.41, 5.74) is 6.00. The highest BCUT2D eigenvalue weighted by Gasteiger charge is 2.03. The van der Waals surface area contributed by atoms with E-state index in [2.05, 4.69) is 28.5 Å². The SMILES string of the molecule is CCCOc1ccc(/C(C)=N\Nc2nc3ccccc3s2)cc1. The Morgan fingerprint density at radius 2 is 1.96 bits per heavy atom. The third-order valence-electron chi connectivity index (χ3n) is 3.36. The van der Waals surface area contributed by atoms with Gasteiger partial charge in [-0.15, -0.1) is 0 Å². The zero-order valence-electron chi connectivity index (χ0n) is 13.2. The van der Waals surface area contributed by atoms with Crippen molar-refractivity contribution in [3.05, 3.63) is 54.1 Å². The fourth-order valence-corrected chi connectivity index (χ4v) is 2.94. The molecular formula is C18H19N3OS. The predicted molar refractivity (Wildman–Crippen MR) is 97.7 cm³/mol. The van der Waals surface area contributed by atoms with Gasteiger partial charge in [0.2, 0.25) is 5.13 Å². The minimum Gasteiger partial charge on any atom is -0.494 e. The van der Waals surface area contributed by atoms with Gasteiger partial charge < -0.3 is 4.74 Å². The third kappa shape index (κ3) is 3.87. The molecule has 0 aliphatic carbocycles. The van der Waals surface area contributed by atoms with Gasteiger partial charge in [-0.3, -0.25) is 5.43 Å². The molecule has 0 unspecified atom stereocenters. The molecule has 2 aromatic carbocycles. The molecule has 0 saturated carbocycles. The van der Waals surface area contributed by atoms with E-state index in [1.54, 1.807) is 11.3 Å². The molecule has 0 amide bonds. The number of benzene rings is 2. The fourth-order valence-electron chi connectivity index (χ4n) is 2.13. The summed E-state index contributed by atoms with van der Waals surface area (Å²) < 4.78 is 6.74. The van der Waals surface area contributed by atoms with Crippen LogP contribution in [0.4, 0.5) is 5.13 Å². The van der Waals surface area contributed by atoms with Crippen molar-refractivity contribution < 1.29 is 4.74 Å². The van der Waals surface area contributed by atoms with Gasteiger partial charge in [-0.25, -0.2) is 4.98 Å². The van der Waals surface area contributed by atoms with E-state index >= 15 is 0 Å². The van der Waals surface area contributed by atoms with Crippen LogP contribution >= 0.6 is 11.3 Å². The largest absolute Gasteiger partial charge is 0.494 e. The highest BCUT2D eigenvalue weighted by Crippen LogP contribution is 2.25. The number of hydrazone groups is 1. The van der Waals surface area contributed by atoms with Crippen LogP contribution < -0.4 is 10.2 Å². The molecule has 1 aromatic heterocycles. The number of hydrogen-bond donors (Lipinski definition) is 1.